The van der Waals surface area contributed by atoms with Gasteiger partial charge in [-0.05, 0) is 43.2 Å². The number of halogens is 1. The Bertz CT molecular complexity index is 952. The molecule has 1 amide bonds. The van der Waals surface area contributed by atoms with E-state index in [2.05, 4.69) is 20.2 Å². The fraction of sp³-hybridized carbons (Fsp3) is 0.190. The van der Waals surface area contributed by atoms with E-state index in [4.69, 9.17) is 11.6 Å². The molecule has 0 radical (unpaired) electrons. The van der Waals surface area contributed by atoms with Gasteiger partial charge in [0.05, 0.1) is 5.69 Å². The van der Waals surface area contributed by atoms with Gasteiger partial charge in [0, 0.05) is 41.0 Å². The summed E-state index contributed by atoms with van der Waals surface area (Å²) in [6.07, 6.45) is 4.01. The molecular formula is C21H19ClN4O. The number of nitrogens with one attached hydrogen (secondary N) is 1. The lowest BCUT2D eigenvalue weighted by Gasteiger charge is -2.16. The molecule has 5 nitrogen and oxygen atoms in total. The van der Waals surface area contributed by atoms with Crippen molar-refractivity contribution >= 4 is 29.0 Å². The van der Waals surface area contributed by atoms with Crippen molar-refractivity contribution in [2.75, 3.05) is 23.3 Å². The van der Waals surface area contributed by atoms with Crippen molar-refractivity contribution < 1.29 is 4.79 Å². The van der Waals surface area contributed by atoms with Crippen molar-refractivity contribution in [3.05, 3.63) is 71.5 Å². The largest absolute Gasteiger partial charge is 0.357 e. The molecule has 6 heteroatoms. The first kappa shape index (κ1) is 17.5. The predicted molar refractivity (Wildman–Crippen MR) is 108 cm³/mol. The summed E-state index contributed by atoms with van der Waals surface area (Å²) in [5.74, 6) is 0.782. The van der Waals surface area contributed by atoms with Crippen LogP contribution in [0.1, 0.15) is 23.2 Å². The molecule has 27 heavy (non-hydrogen) atoms. The van der Waals surface area contributed by atoms with E-state index in [1.54, 1.807) is 42.7 Å². The zero-order valence-electron chi connectivity index (χ0n) is 14.7. The molecule has 0 saturated carbocycles. The average Bonchev–Trinajstić information content (AvgIpc) is 3.23. The molecule has 0 unspecified atom stereocenters. The highest BCUT2D eigenvalue weighted by Gasteiger charge is 2.14. The molecule has 1 N–H and O–H groups in total. The highest BCUT2D eigenvalue weighted by molar-refractivity contribution is 6.31. The van der Waals surface area contributed by atoms with Crippen LogP contribution in [0.5, 0.6) is 0 Å². The molecule has 1 aromatic heterocycles. The minimum absolute atomic E-state index is 0.177. The van der Waals surface area contributed by atoms with Gasteiger partial charge in [-0.1, -0.05) is 29.8 Å². The first-order valence-electron chi connectivity index (χ1n) is 8.93. The predicted octanol–water partition coefficient (Wildman–Crippen LogP) is 4.65. The SMILES string of the molecule is O=C(Nc1cccc(Cl)c1)c1ccc(-c2cc(N3CCCC3)ncn2)cc1. The topological polar surface area (TPSA) is 58.1 Å². The minimum atomic E-state index is -0.177. The Morgan fingerprint density at radius 3 is 2.52 bits per heavy atom. The molecule has 2 heterocycles. The molecule has 3 aromatic rings. The Hall–Kier alpha value is -2.92. The first-order valence-corrected chi connectivity index (χ1v) is 9.31. The molecule has 0 spiro atoms. The van der Waals surface area contributed by atoms with Crippen LogP contribution in [0.3, 0.4) is 0 Å². The average molecular weight is 379 g/mol. The smallest absolute Gasteiger partial charge is 0.255 e. The molecule has 1 aliphatic heterocycles. The quantitative estimate of drug-likeness (QED) is 0.718. The molecule has 1 fully saturated rings. The van der Waals surface area contributed by atoms with Crippen LogP contribution in [-0.4, -0.2) is 29.0 Å². The number of carbonyl (C=O) groups excluding carboxylic acids is 1. The summed E-state index contributed by atoms with van der Waals surface area (Å²) in [4.78, 5) is 23.5. The summed E-state index contributed by atoms with van der Waals surface area (Å²) in [5.41, 5.74) is 3.06. The first-order chi connectivity index (χ1) is 13.2. The van der Waals surface area contributed by atoms with Crippen LogP contribution in [0.4, 0.5) is 11.5 Å². The summed E-state index contributed by atoms with van der Waals surface area (Å²) >= 11 is 5.96. The molecular weight excluding hydrogens is 360 g/mol. The zero-order chi connectivity index (χ0) is 18.6. The number of aromatic nitrogens is 2. The number of carbonyl (C=O) groups is 1. The van der Waals surface area contributed by atoms with Gasteiger partial charge in [0.1, 0.15) is 12.1 Å². The van der Waals surface area contributed by atoms with Gasteiger partial charge in [0.15, 0.2) is 0 Å². The maximum absolute atomic E-state index is 12.4. The van der Waals surface area contributed by atoms with E-state index in [1.807, 2.05) is 18.2 Å². The molecule has 136 valence electrons. The van der Waals surface area contributed by atoms with E-state index in [1.165, 1.54) is 12.8 Å². The van der Waals surface area contributed by atoms with E-state index >= 15 is 0 Å². The fourth-order valence-corrected chi connectivity index (χ4v) is 3.38. The second-order valence-corrected chi connectivity index (χ2v) is 6.93. The number of anilines is 2. The van der Waals surface area contributed by atoms with Crippen molar-refractivity contribution in [2.24, 2.45) is 0 Å². The van der Waals surface area contributed by atoms with Crippen LogP contribution >= 0.6 is 11.6 Å². The fourth-order valence-electron chi connectivity index (χ4n) is 3.19. The third-order valence-corrected chi connectivity index (χ3v) is 4.84. The number of amides is 1. The van der Waals surface area contributed by atoms with Gasteiger partial charge < -0.3 is 10.2 Å². The van der Waals surface area contributed by atoms with Crippen molar-refractivity contribution in [3.63, 3.8) is 0 Å². The number of nitrogens with zero attached hydrogens (tertiary/aromatic N) is 3. The van der Waals surface area contributed by atoms with Crippen molar-refractivity contribution in [1.29, 1.82) is 0 Å². The van der Waals surface area contributed by atoms with Crippen LogP contribution in [0, 0.1) is 0 Å². The standard InChI is InChI=1S/C21H19ClN4O/c22-17-4-3-5-18(12-17)25-21(27)16-8-6-15(7-9-16)19-13-20(24-14-23-19)26-10-1-2-11-26/h3-9,12-14H,1-2,10-11H2,(H,25,27). The van der Waals surface area contributed by atoms with Gasteiger partial charge in [-0.2, -0.15) is 0 Å². The van der Waals surface area contributed by atoms with Crippen LogP contribution in [0.2, 0.25) is 5.02 Å². The van der Waals surface area contributed by atoms with E-state index in [0.717, 1.165) is 30.2 Å². The molecule has 4 rings (SSSR count). The van der Waals surface area contributed by atoms with Gasteiger partial charge >= 0.3 is 0 Å². The van der Waals surface area contributed by atoms with E-state index in [9.17, 15) is 4.79 Å². The zero-order valence-corrected chi connectivity index (χ0v) is 15.5. The molecule has 0 atom stereocenters. The summed E-state index contributed by atoms with van der Waals surface area (Å²) in [6.45, 7) is 2.08. The van der Waals surface area contributed by atoms with E-state index in [0.29, 0.717) is 16.3 Å². The lowest BCUT2D eigenvalue weighted by molar-refractivity contribution is 0.102. The Balaban J connectivity index is 1.50. The Morgan fingerprint density at radius 2 is 1.78 bits per heavy atom. The number of benzene rings is 2. The van der Waals surface area contributed by atoms with Gasteiger partial charge in [-0.3, -0.25) is 4.79 Å². The molecule has 2 aromatic carbocycles. The van der Waals surface area contributed by atoms with Crippen LogP contribution < -0.4 is 10.2 Å². The molecule has 1 aliphatic rings. The third kappa shape index (κ3) is 4.09. The normalized spacial score (nSPS) is 13.6. The number of hydrogen-bond donors (Lipinski definition) is 1. The summed E-state index contributed by atoms with van der Waals surface area (Å²) in [5, 5.41) is 3.43. The van der Waals surface area contributed by atoms with Crippen LogP contribution in [0.15, 0.2) is 60.9 Å². The maximum Gasteiger partial charge on any atom is 0.255 e. The minimum Gasteiger partial charge on any atom is -0.357 e. The van der Waals surface area contributed by atoms with Gasteiger partial charge in [-0.15, -0.1) is 0 Å². The Labute approximate surface area is 163 Å². The number of rotatable bonds is 4. The molecule has 0 aliphatic carbocycles. The summed E-state index contributed by atoms with van der Waals surface area (Å²) in [7, 11) is 0. The van der Waals surface area contributed by atoms with Crippen LogP contribution in [-0.2, 0) is 0 Å². The number of hydrogen-bond acceptors (Lipinski definition) is 4. The highest BCUT2D eigenvalue weighted by Crippen LogP contribution is 2.24. The van der Waals surface area contributed by atoms with Crippen molar-refractivity contribution in [3.8, 4) is 11.3 Å². The van der Waals surface area contributed by atoms with Gasteiger partial charge in [-0.25, -0.2) is 9.97 Å². The second kappa shape index (κ2) is 7.76. The molecule has 1 saturated heterocycles. The van der Waals surface area contributed by atoms with E-state index < -0.39 is 0 Å². The lowest BCUT2D eigenvalue weighted by atomic mass is 10.1. The monoisotopic (exact) mass is 378 g/mol. The van der Waals surface area contributed by atoms with Crippen molar-refractivity contribution in [2.45, 2.75) is 12.8 Å². The van der Waals surface area contributed by atoms with Crippen molar-refractivity contribution in [1.82, 2.24) is 9.97 Å². The van der Waals surface area contributed by atoms with Crippen LogP contribution in [0.25, 0.3) is 11.3 Å². The molecule has 0 bridgehead atoms. The second-order valence-electron chi connectivity index (χ2n) is 6.50. The Kier molecular flexibility index (Phi) is 5.03. The van der Waals surface area contributed by atoms with E-state index in [-0.39, 0.29) is 5.91 Å². The highest BCUT2D eigenvalue weighted by atomic mass is 35.5. The van der Waals surface area contributed by atoms with Gasteiger partial charge in [0.25, 0.3) is 5.91 Å². The summed E-state index contributed by atoms with van der Waals surface area (Å²) in [6, 6.07) is 16.5. The lowest BCUT2D eigenvalue weighted by Crippen LogP contribution is -2.19. The Morgan fingerprint density at radius 1 is 1.00 bits per heavy atom. The summed E-state index contributed by atoms with van der Waals surface area (Å²) < 4.78 is 0. The maximum atomic E-state index is 12.4. The van der Waals surface area contributed by atoms with Gasteiger partial charge in [0.2, 0.25) is 0 Å². The third-order valence-electron chi connectivity index (χ3n) is 4.61.